The van der Waals surface area contributed by atoms with E-state index in [2.05, 4.69) is 11.8 Å². The second-order valence-corrected chi connectivity index (χ2v) is 5.63. The van der Waals surface area contributed by atoms with Gasteiger partial charge in [-0.2, -0.15) is 0 Å². The van der Waals surface area contributed by atoms with Crippen LogP contribution in [0.3, 0.4) is 0 Å². The van der Waals surface area contributed by atoms with E-state index >= 15 is 0 Å². The number of carbonyl (C=O) groups is 1. The lowest BCUT2D eigenvalue weighted by atomic mass is 10.1. The van der Waals surface area contributed by atoms with Crippen LogP contribution in [0.2, 0.25) is 0 Å². The molecule has 116 valence electrons. The van der Waals surface area contributed by atoms with Crippen LogP contribution in [0.5, 0.6) is 0 Å². The number of hydrogen-bond acceptors (Lipinski definition) is 4. The van der Waals surface area contributed by atoms with Gasteiger partial charge in [0.2, 0.25) is 0 Å². The van der Waals surface area contributed by atoms with Gasteiger partial charge in [0, 0.05) is 19.1 Å². The molecule has 1 aromatic carbocycles. The Kier molecular flexibility index (Phi) is 6.21. The Morgan fingerprint density at radius 3 is 2.90 bits per heavy atom. The van der Waals surface area contributed by atoms with Crippen molar-refractivity contribution in [3.63, 3.8) is 0 Å². The number of nitrogens with zero attached hydrogens (tertiary/aromatic N) is 1. The highest BCUT2D eigenvalue weighted by atomic mass is 16.5. The zero-order chi connectivity index (χ0) is 15.1. The van der Waals surface area contributed by atoms with Gasteiger partial charge in [-0.1, -0.05) is 44.2 Å². The summed E-state index contributed by atoms with van der Waals surface area (Å²) < 4.78 is 10.9. The van der Waals surface area contributed by atoms with Gasteiger partial charge in [0.1, 0.15) is 6.61 Å². The number of ether oxygens (including phenoxy) is 2. The van der Waals surface area contributed by atoms with Crippen molar-refractivity contribution in [2.75, 3.05) is 26.3 Å². The van der Waals surface area contributed by atoms with Crippen LogP contribution < -0.4 is 0 Å². The SMILES string of the molecule is CCC1COCCN1CC(C)C(=O)OCc1ccccc1. The van der Waals surface area contributed by atoms with Crippen molar-refractivity contribution in [1.82, 2.24) is 4.90 Å². The van der Waals surface area contributed by atoms with Gasteiger partial charge in [0.25, 0.3) is 0 Å². The van der Waals surface area contributed by atoms with Gasteiger partial charge in [0.05, 0.1) is 19.1 Å². The Morgan fingerprint density at radius 1 is 1.43 bits per heavy atom. The molecule has 4 nitrogen and oxygen atoms in total. The van der Waals surface area contributed by atoms with Gasteiger partial charge in [-0.05, 0) is 12.0 Å². The van der Waals surface area contributed by atoms with E-state index in [1.54, 1.807) is 0 Å². The maximum atomic E-state index is 12.1. The maximum Gasteiger partial charge on any atom is 0.310 e. The molecule has 0 spiro atoms. The summed E-state index contributed by atoms with van der Waals surface area (Å²) in [6.07, 6.45) is 1.05. The van der Waals surface area contributed by atoms with E-state index in [1.807, 2.05) is 37.3 Å². The Hall–Kier alpha value is -1.39. The lowest BCUT2D eigenvalue weighted by Crippen LogP contribution is -2.47. The molecule has 4 heteroatoms. The Bertz CT molecular complexity index is 435. The number of esters is 1. The molecular weight excluding hydrogens is 266 g/mol. The molecule has 0 saturated carbocycles. The number of rotatable bonds is 6. The summed E-state index contributed by atoms with van der Waals surface area (Å²) in [7, 11) is 0. The highest BCUT2D eigenvalue weighted by Crippen LogP contribution is 2.14. The van der Waals surface area contributed by atoms with E-state index in [1.165, 1.54) is 0 Å². The van der Waals surface area contributed by atoms with E-state index in [0.29, 0.717) is 12.6 Å². The van der Waals surface area contributed by atoms with Crippen LogP contribution in [0, 0.1) is 5.92 Å². The lowest BCUT2D eigenvalue weighted by Gasteiger charge is -2.36. The predicted octanol–water partition coefficient (Wildman–Crippen LogP) is 2.48. The molecule has 1 aliphatic rings. The van der Waals surface area contributed by atoms with E-state index in [4.69, 9.17) is 9.47 Å². The topological polar surface area (TPSA) is 38.8 Å². The molecule has 1 aromatic rings. The van der Waals surface area contributed by atoms with E-state index in [-0.39, 0.29) is 11.9 Å². The van der Waals surface area contributed by atoms with Crippen LogP contribution in [0.15, 0.2) is 30.3 Å². The van der Waals surface area contributed by atoms with Crippen LogP contribution in [0.25, 0.3) is 0 Å². The largest absolute Gasteiger partial charge is 0.461 e. The molecule has 1 saturated heterocycles. The van der Waals surface area contributed by atoms with Crippen LogP contribution >= 0.6 is 0 Å². The first kappa shape index (κ1) is 16.0. The summed E-state index contributed by atoms with van der Waals surface area (Å²) in [4.78, 5) is 14.5. The van der Waals surface area contributed by atoms with Gasteiger partial charge >= 0.3 is 5.97 Å². The fourth-order valence-corrected chi connectivity index (χ4v) is 2.60. The van der Waals surface area contributed by atoms with Gasteiger partial charge in [-0.25, -0.2) is 0 Å². The summed E-state index contributed by atoms with van der Waals surface area (Å²) in [5, 5.41) is 0. The average Bonchev–Trinajstić information content (AvgIpc) is 2.54. The number of benzene rings is 1. The Morgan fingerprint density at radius 2 is 2.19 bits per heavy atom. The molecule has 1 fully saturated rings. The number of carbonyl (C=O) groups excluding carboxylic acids is 1. The first-order valence-electron chi connectivity index (χ1n) is 7.73. The van der Waals surface area contributed by atoms with Gasteiger partial charge < -0.3 is 9.47 Å². The minimum absolute atomic E-state index is 0.110. The fraction of sp³-hybridized carbons (Fsp3) is 0.588. The van der Waals surface area contributed by atoms with Gasteiger partial charge in [0.15, 0.2) is 0 Å². The quantitative estimate of drug-likeness (QED) is 0.755. The van der Waals surface area contributed by atoms with Crippen molar-refractivity contribution < 1.29 is 14.3 Å². The van der Waals surface area contributed by atoms with E-state index in [9.17, 15) is 4.79 Å². The molecule has 0 radical (unpaired) electrons. The van der Waals surface area contributed by atoms with Crippen LogP contribution in [0.1, 0.15) is 25.8 Å². The minimum Gasteiger partial charge on any atom is -0.461 e. The highest BCUT2D eigenvalue weighted by Gasteiger charge is 2.25. The molecule has 1 heterocycles. The van der Waals surface area contributed by atoms with Crippen LogP contribution in [-0.2, 0) is 20.9 Å². The minimum atomic E-state index is -0.125. The molecule has 2 rings (SSSR count). The molecule has 2 atom stereocenters. The normalized spacial score (nSPS) is 21.0. The predicted molar refractivity (Wildman–Crippen MR) is 81.9 cm³/mol. The molecule has 0 bridgehead atoms. The molecule has 1 aliphatic heterocycles. The first-order chi connectivity index (χ1) is 10.2. The Balaban J connectivity index is 1.79. The number of hydrogen-bond donors (Lipinski definition) is 0. The molecule has 0 aliphatic carbocycles. The van der Waals surface area contributed by atoms with E-state index < -0.39 is 0 Å². The van der Waals surface area contributed by atoms with E-state index in [0.717, 1.165) is 38.3 Å². The Labute approximate surface area is 127 Å². The van der Waals surface area contributed by atoms with Crippen LogP contribution in [-0.4, -0.2) is 43.2 Å². The summed E-state index contributed by atoms with van der Waals surface area (Å²) in [6, 6.07) is 10.2. The third kappa shape index (κ3) is 4.83. The second kappa shape index (κ2) is 8.15. The summed E-state index contributed by atoms with van der Waals surface area (Å²) in [5.41, 5.74) is 1.02. The number of morpholine rings is 1. The smallest absolute Gasteiger partial charge is 0.310 e. The standard InChI is InChI=1S/C17H25NO3/c1-3-16-13-20-10-9-18(16)11-14(2)17(19)21-12-15-7-5-4-6-8-15/h4-8,14,16H,3,9-13H2,1-2H3. The zero-order valence-corrected chi connectivity index (χ0v) is 13.0. The van der Waals surface area contributed by atoms with Crippen molar-refractivity contribution in [3.8, 4) is 0 Å². The molecule has 0 amide bonds. The van der Waals surface area contributed by atoms with Gasteiger partial charge in [-0.3, -0.25) is 9.69 Å². The second-order valence-electron chi connectivity index (χ2n) is 5.63. The monoisotopic (exact) mass is 291 g/mol. The first-order valence-corrected chi connectivity index (χ1v) is 7.73. The third-order valence-electron chi connectivity index (χ3n) is 3.96. The maximum absolute atomic E-state index is 12.1. The summed E-state index contributed by atoms with van der Waals surface area (Å²) in [6.45, 7) is 7.61. The molecular formula is C17H25NO3. The highest BCUT2D eigenvalue weighted by molar-refractivity contribution is 5.72. The van der Waals surface area contributed by atoms with Crippen LogP contribution in [0.4, 0.5) is 0 Å². The molecule has 0 N–H and O–H groups in total. The van der Waals surface area contributed by atoms with Crippen molar-refractivity contribution >= 4 is 5.97 Å². The molecule has 2 unspecified atom stereocenters. The van der Waals surface area contributed by atoms with Gasteiger partial charge in [-0.15, -0.1) is 0 Å². The lowest BCUT2D eigenvalue weighted by molar-refractivity contribution is -0.150. The van der Waals surface area contributed by atoms with Crippen molar-refractivity contribution in [1.29, 1.82) is 0 Å². The summed E-state index contributed by atoms with van der Waals surface area (Å²) in [5.74, 6) is -0.235. The van der Waals surface area contributed by atoms with Crippen molar-refractivity contribution in [2.24, 2.45) is 5.92 Å². The average molecular weight is 291 g/mol. The molecule has 0 aromatic heterocycles. The van der Waals surface area contributed by atoms with Crippen molar-refractivity contribution in [2.45, 2.75) is 32.9 Å². The zero-order valence-electron chi connectivity index (χ0n) is 13.0. The third-order valence-corrected chi connectivity index (χ3v) is 3.96. The summed E-state index contributed by atoms with van der Waals surface area (Å²) >= 11 is 0. The molecule has 21 heavy (non-hydrogen) atoms. The van der Waals surface area contributed by atoms with Crippen molar-refractivity contribution in [3.05, 3.63) is 35.9 Å². The fourth-order valence-electron chi connectivity index (χ4n) is 2.60.